The van der Waals surface area contributed by atoms with E-state index in [-0.39, 0.29) is 5.95 Å². The van der Waals surface area contributed by atoms with Crippen LogP contribution in [0.15, 0.2) is 12.7 Å². The predicted molar refractivity (Wildman–Crippen MR) is 69.3 cm³/mol. The number of imidazole rings is 1. The Morgan fingerprint density at radius 1 is 1.37 bits per heavy atom. The molecule has 0 aliphatic rings. The molecule has 0 spiro atoms. The van der Waals surface area contributed by atoms with Crippen molar-refractivity contribution in [3.05, 3.63) is 18.5 Å². The molecule has 3 aromatic heterocycles. The van der Waals surface area contributed by atoms with E-state index >= 15 is 0 Å². The molecule has 19 heavy (non-hydrogen) atoms. The monoisotopic (exact) mass is 259 g/mol. The van der Waals surface area contributed by atoms with Gasteiger partial charge in [0, 0.05) is 20.0 Å². The fourth-order valence-corrected chi connectivity index (χ4v) is 1.77. The van der Waals surface area contributed by atoms with Crippen molar-refractivity contribution in [2.24, 2.45) is 7.05 Å². The van der Waals surface area contributed by atoms with Crippen molar-refractivity contribution in [2.45, 2.75) is 6.42 Å². The summed E-state index contributed by atoms with van der Waals surface area (Å²) in [6.45, 7) is 0.647. The summed E-state index contributed by atoms with van der Waals surface area (Å²) in [7, 11) is 1.84. The van der Waals surface area contributed by atoms with Crippen LogP contribution in [-0.2, 0) is 13.5 Å². The lowest BCUT2D eigenvalue weighted by Gasteiger charge is -2.05. The van der Waals surface area contributed by atoms with Crippen molar-refractivity contribution in [1.29, 1.82) is 0 Å². The Morgan fingerprint density at radius 3 is 3.05 bits per heavy atom. The number of aryl methyl sites for hydroxylation is 1. The third-order valence-corrected chi connectivity index (χ3v) is 2.59. The zero-order valence-electron chi connectivity index (χ0n) is 10.3. The first-order valence-corrected chi connectivity index (χ1v) is 5.77. The lowest BCUT2D eigenvalue weighted by atomic mass is 10.4. The lowest BCUT2D eigenvalue weighted by Crippen LogP contribution is -2.09. The van der Waals surface area contributed by atoms with Gasteiger partial charge in [-0.05, 0) is 0 Å². The Morgan fingerprint density at radius 2 is 2.26 bits per heavy atom. The molecule has 98 valence electrons. The lowest BCUT2D eigenvalue weighted by molar-refractivity contribution is 0.742. The number of nitrogens with one attached hydrogen (secondary N) is 2. The summed E-state index contributed by atoms with van der Waals surface area (Å²) in [6.07, 6.45) is 3.93. The Hall–Kier alpha value is -2.71. The molecular weight excluding hydrogens is 246 g/mol. The van der Waals surface area contributed by atoms with Gasteiger partial charge in [0.2, 0.25) is 5.95 Å². The number of nitrogens with two attached hydrogens (primary N) is 1. The molecule has 0 aromatic carbocycles. The standard InChI is InChI=1S/C10H13N9/c1-19-5-15-6(18-19)2-3-12-8-7-9(14-4-13-7)17-10(11)16-8/h4-5H,2-3H2,1H3,(H4,11,12,13,14,16,17). The topological polar surface area (TPSA) is 123 Å². The van der Waals surface area contributed by atoms with E-state index in [2.05, 4.69) is 35.3 Å². The van der Waals surface area contributed by atoms with E-state index in [0.29, 0.717) is 24.4 Å². The SMILES string of the molecule is Cn1cnc(CCNc2nc(N)nc3nc[nH]c23)n1. The minimum atomic E-state index is 0.193. The van der Waals surface area contributed by atoms with Gasteiger partial charge in [0.05, 0.1) is 6.33 Å². The summed E-state index contributed by atoms with van der Waals surface area (Å²) in [5.74, 6) is 1.60. The quantitative estimate of drug-likeness (QED) is 0.588. The van der Waals surface area contributed by atoms with Crippen molar-refractivity contribution in [3.8, 4) is 0 Å². The highest BCUT2D eigenvalue weighted by Gasteiger charge is 2.08. The molecular formula is C10H13N9. The van der Waals surface area contributed by atoms with Gasteiger partial charge in [-0.15, -0.1) is 0 Å². The van der Waals surface area contributed by atoms with Gasteiger partial charge in [0.15, 0.2) is 17.3 Å². The molecule has 0 bridgehead atoms. The Labute approximate surface area is 108 Å². The number of aromatic amines is 1. The second-order valence-corrected chi connectivity index (χ2v) is 4.04. The van der Waals surface area contributed by atoms with Gasteiger partial charge >= 0.3 is 0 Å². The minimum absolute atomic E-state index is 0.193. The zero-order chi connectivity index (χ0) is 13.2. The molecule has 0 unspecified atom stereocenters. The highest BCUT2D eigenvalue weighted by molar-refractivity contribution is 5.83. The molecule has 0 aliphatic heterocycles. The van der Waals surface area contributed by atoms with E-state index < -0.39 is 0 Å². The van der Waals surface area contributed by atoms with Crippen LogP contribution >= 0.6 is 0 Å². The van der Waals surface area contributed by atoms with E-state index in [1.165, 1.54) is 0 Å². The number of rotatable bonds is 4. The van der Waals surface area contributed by atoms with Crippen LogP contribution in [0, 0.1) is 0 Å². The Balaban J connectivity index is 1.73. The van der Waals surface area contributed by atoms with Gasteiger partial charge in [-0.2, -0.15) is 15.1 Å². The van der Waals surface area contributed by atoms with Crippen LogP contribution in [0.5, 0.6) is 0 Å². The van der Waals surface area contributed by atoms with Crippen LogP contribution in [0.2, 0.25) is 0 Å². The van der Waals surface area contributed by atoms with Gasteiger partial charge in [-0.3, -0.25) is 4.68 Å². The van der Waals surface area contributed by atoms with Crippen LogP contribution in [0.1, 0.15) is 5.82 Å². The van der Waals surface area contributed by atoms with Crippen LogP contribution < -0.4 is 11.1 Å². The van der Waals surface area contributed by atoms with Crippen molar-refractivity contribution < 1.29 is 0 Å². The highest BCUT2D eigenvalue weighted by atomic mass is 15.3. The number of nitrogen functional groups attached to an aromatic ring is 1. The Kier molecular flexibility index (Phi) is 2.71. The molecule has 0 saturated carbocycles. The predicted octanol–water partition coefficient (Wildman–Crippen LogP) is -0.282. The molecule has 3 aromatic rings. The normalized spacial score (nSPS) is 11.0. The summed E-state index contributed by atoms with van der Waals surface area (Å²) in [5, 5.41) is 7.38. The maximum absolute atomic E-state index is 5.63. The third kappa shape index (κ3) is 2.30. The summed E-state index contributed by atoms with van der Waals surface area (Å²) in [5.41, 5.74) is 6.91. The smallest absolute Gasteiger partial charge is 0.224 e. The van der Waals surface area contributed by atoms with E-state index in [0.717, 1.165) is 11.3 Å². The van der Waals surface area contributed by atoms with E-state index in [9.17, 15) is 0 Å². The van der Waals surface area contributed by atoms with Gasteiger partial charge in [-0.25, -0.2) is 9.97 Å². The second kappa shape index (κ2) is 4.52. The van der Waals surface area contributed by atoms with Crippen molar-refractivity contribution in [1.82, 2.24) is 34.7 Å². The minimum Gasteiger partial charge on any atom is -0.368 e. The molecule has 4 N–H and O–H groups in total. The molecule has 9 nitrogen and oxygen atoms in total. The first kappa shape index (κ1) is 11.4. The van der Waals surface area contributed by atoms with Crippen molar-refractivity contribution in [2.75, 3.05) is 17.6 Å². The maximum atomic E-state index is 5.63. The number of fused-ring (bicyclic) bond motifs is 1. The molecule has 3 rings (SSSR count). The van der Waals surface area contributed by atoms with E-state index in [1.807, 2.05) is 7.05 Å². The highest BCUT2D eigenvalue weighted by Crippen LogP contribution is 2.16. The van der Waals surface area contributed by atoms with Gasteiger partial charge in [0.25, 0.3) is 0 Å². The fourth-order valence-electron chi connectivity index (χ4n) is 1.77. The Bertz CT molecular complexity index is 698. The van der Waals surface area contributed by atoms with Crippen molar-refractivity contribution in [3.63, 3.8) is 0 Å². The number of hydrogen-bond donors (Lipinski definition) is 3. The van der Waals surface area contributed by atoms with E-state index in [1.54, 1.807) is 17.3 Å². The van der Waals surface area contributed by atoms with Crippen molar-refractivity contribution >= 4 is 22.9 Å². The summed E-state index contributed by atoms with van der Waals surface area (Å²) >= 11 is 0. The first-order chi connectivity index (χ1) is 9.22. The molecule has 0 saturated heterocycles. The molecule has 3 heterocycles. The summed E-state index contributed by atoms with van der Waals surface area (Å²) in [6, 6.07) is 0. The largest absolute Gasteiger partial charge is 0.368 e. The number of nitrogens with zero attached hydrogens (tertiary/aromatic N) is 6. The molecule has 0 radical (unpaired) electrons. The number of aromatic nitrogens is 7. The molecule has 0 atom stereocenters. The molecule has 0 amide bonds. The number of hydrogen-bond acceptors (Lipinski definition) is 7. The van der Waals surface area contributed by atoms with Crippen LogP contribution in [0.25, 0.3) is 11.2 Å². The molecule has 9 heteroatoms. The van der Waals surface area contributed by atoms with Gasteiger partial charge in [-0.1, -0.05) is 0 Å². The van der Waals surface area contributed by atoms with E-state index in [4.69, 9.17) is 5.73 Å². The van der Waals surface area contributed by atoms with Crippen LogP contribution in [-0.4, -0.2) is 41.2 Å². The average Bonchev–Trinajstić information content (AvgIpc) is 2.98. The van der Waals surface area contributed by atoms with Gasteiger partial charge < -0.3 is 16.0 Å². The van der Waals surface area contributed by atoms with Crippen LogP contribution in [0.4, 0.5) is 11.8 Å². The average molecular weight is 259 g/mol. The zero-order valence-corrected chi connectivity index (χ0v) is 10.3. The second-order valence-electron chi connectivity index (χ2n) is 4.04. The molecule has 0 aliphatic carbocycles. The third-order valence-electron chi connectivity index (χ3n) is 2.59. The maximum Gasteiger partial charge on any atom is 0.224 e. The number of anilines is 2. The van der Waals surface area contributed by atoms with Crippen LogP contribution in [0.3, 0.4) is 0 Å². The summed E-state index contributed by atoms with van der Waals surface area (Å²) in [4.78, 5) is 19.4. The first-order valence-electron chi connectivity index (χ1n) is 5.77. The fraction of sp³-hybridized carbons (Fsp3) is 0.300. The molecule has 0 fully saturated rings. The summed E-state index contributed by atoms with van der Waals surface area (Å²) < 4.78 is 1.67. The number of H-pyrrole nitrogens is 1. The van der Waals surface area contributed by atoms with Gasteiger partial charge in [0.1, 0.15) is 11.8 Å².